The van der Waals surface area contributed by atoms with Gasteiger partial charge in [-0.05, 0) is 57.1 Å². The molecule has 1 aromatic rings. The molecule has 29 heavy (non-hydrogen) atoms. The molecule has 7 heteroatoms. The standard InChI is InChI=1S/C22H39N5O.HI/c1-4-23-21(26-18-22(14-15-28)12-8-7-9-13-22)25-17-19-10-11-20(24-16-19)27(5-2)6-3;/h10-11,16,28H,4-9,12-15,17-18H2,1-3H3,(H2,23,25,26);1H. The fourth-order valence-electron chi connectivity index (χ4n) is 4.08. The molecule has 0 atom stereocenters. The monoisotopic (exact) mass is 517 g/mol. The van der Waals surface area contributed by atoms with E-state index in [9.17, 15) is 5.11 Å². The minimum absolute atomic E-state index is 0. The molecular weight excluding hydrogens is 477 g/mol. The number of aliphatic hydroxyl groups is 1. The van der Waals surface area contributed by atoms with Gasteiger partial charge in [0.1, 0.15) is 5.82 Å². The first kappa shape index (κ1) is 25.9. The Morgan fingerprint density at radius 3 is 2.41 bits per heavy atom. The van der Waals surface area contributed by atoms with Gasteiger partial charge in [-0.15, -0.1) is 24.0 Å². The molecule has 0 saturated heterocycles. The number of nitrogens with zero attached hydrogens (tertiary/aromatic N) is 3. The molecule has 0 radical (unpaired) electrons. The summed E-state index contributed by atoms with van der Waals surface area (Å²) in [6.07, 6.45) is 9.02. The van der Waals surface area contributed by atoms with Crippen molar-refractivity contribution in [3.8, 4) is 0 Å². The van der Waals surface area contributed by atoms with Gasteiger partial charge in [-0.25, -0.2) is 9.98 Å². The van der Waals surface area contributed by atoms with Crippen LogP contribution in [0, 0.1) is 5.41 Å². The minimum Gasteiger partial charge on any atom is -0.396 e. The molecule has 2 rings (SSSR count). The van der Waals surface area contributed by atoms with Gasteiger partial charge in [-0.2, -0.15) is 0 Å². The van der Waals surface area contributed by atoms with Crippen LogP contribution >= 0.6 is 24.0 Å². The fraction of sp³-hybridized carbons (Fsp3) is 0.727. The summed E-state index contributed by atoms with van der Waals surface area (Å²) in [6, 6.07) is 4.19. The van der Waals surface area contributed by atoms with Crippen LogP contribution in [0.3, 0.4) is 0 Å². The molecule has 1 aliphatic carbocycles. The first-order valence-corrected chi connectivity index (χ1v) is 11.0. The smallest absolute Gasteiger partial charge is 0.191 e. The topological polar surface area (TPSA) is 72.8 Å². The Labute approximate surface area is 194 Å². The van der Waals surface area contributed by atoms with Crippen molar-refractivity contribution < 1.29 is 5.11 Å². The SMILES string of the molecule is CCNC(=NCc1ccc(N(CC)CC)nc1)NCC1(CCO)CCCCC1.I. The van der Waals surface area contributed by atoms with Crippen molar-refractivity contribution in [2.24, 2.45) is 10.4 Å². The van der Waals surface area contributed by atoms with Gasteiger partial charge in [0.05, 0.1) is 6.54 Å². The summed E-state index contributed by atoms with van der Waals surface area (Å²) < 4.78 is 0. The maximum Gasteiger partial charge on any atom is 0.191 e. The Hall–Kier alpha value is -1.09. The van der Waals surface area contributed by atoms with Crippen molar-refractivity contribution in [3.63, 3.8) is 0 Å². The van der Waals surface area contributed by atoms with E-state index in [2.05, 4.69) is 53.4 Å². The second-order valence-electron chi connectivity index (χ2n) is 7.78. The van der Waals surface area contributed by atoms with Crippen LogP contribution in [-0.2, 0) is 6.54 Å². The van der Waals surface area contributed by atoms with Gasteiger partial charge >= 0.3 is 0 Å². The molecule has 0 amide bonds. The Bertz CT molecular complexity index is 578. The lowest BCUT2D eigenvalue weighted by atomic mass is 9.72. The van der Waals surface area contributed by atoms with Gasteiger partial charge < -0.3 is 20.6 Å². The van der Waals surface area contributed by atoms with Crippen LogP contribution in [0.25, 0.3) is 0 Å². The lowest BCUT2D eigenvalue weighted by Crippen LogP contribution is -2.44. The zero-order chi connectivity index (χ0) is 20.2. The number of guanidine groups is 1. The molecule has 1 aromatic heterocycles. The molecule has 3 N–H and O–H groups in total. The number of rotatable bonds is 10. The molecule has 0 bridgehead atoms. The van der Waals surface area contributed by atoms with Crippen molar-refractivity contribution in [1.29, 1.82) is 0 Å². The quantitative estimate of drug-likeness (QED) is 0.249. The summed E-state index contributed by atoms with van der Waals surface area (Å²) >= 11 is 0. The number of aliphatic imine (C=N–C) groups is 1. The van der Waals surface area contributed by atoms with Crippen molar-refractivity contribution in [1.82, 2.24) is 15.6 Å². The fourth-order valence-corrected chi connectivity index (χ4v) is 4.08. The second-order valence-corrected chi connectivity index (χ2v) is 7.78. The number of anilines is 1. The van der Waals surface area contributed by atoms with Crippen LogP contribution in [-0.4, -0.2) is 48.8 Å². The number of pyridine rings is 1. The van der Waals surface area contributed by atoms with Crippen molar-refractivity contribution in [2.45, 2.75) is 65.8 Å². The van der Waals surface area contributed by atoms with E-state index in [1.165, 1.54) is 32.1 Å². The summed E-state index contributed by atoms with van der Waals surface area (Å²) in [5, 5.41) is 16.4. The third-order valence-electron chi connectivity index (χ3n) is 5.85. The van der Waals surface area contributed by atoms with Crippen LogP contribution in [0.2, 0.25) is 0 Å². The molecule has 1 heterocycles. The van der Waals surface area contributed by atoms with Crippen LogP contribution in [0.4, 0.5) is 5.82 Å². The average Bonchev–Trinajstić information content (AvgIpc) is 2.73. The van der Waals surface area contributed by atoms with E-state index in [0.29, 0.717) is 6.54 Å². The van der Waals surface area contributed by atoms with E-state index in [1.54, 1.807) is 0 Å². The highest BCUT2D eigenvalue weighted by atomic mass is 127. The Kier molecular flexibility index (Phi) is 12.5. The Morgan fingerprint density at radius 1 is 1.14 bits per heavy atom. The number of aromatic nitrogens is 1. The maximum absolute atomic E-state index is 9.52. The molecular formula is C22H40IN5O. The number of hydrogen-bond donors (Lipinski definition) is 3. The van der Waals surface area contributed by atoms with Crippen LogP contribution < -0.4 is 15.5 Å². The number of nitrogens with one attached hydrogen (secondary N) is 2. The van der Waals surface area contributed by atoms with E-state index in [1.807, 2.05) is 6.20 Å². The lowest BCUT2D eigenvalue weighted by molar-refractivity contribution is 0.131. The normalized spacial score (nSPS) is 16.1. The highest BCUT2D eigenvalue weighted by Crippen LogP contribution is 2.38. The summed E-state index contributed by atoms with van der Waals surface area (Å²) in [6.45, 7) is 10.9. The zero-order valence-corrected chi connectivity index (χ0v) is 20.7. The molecule has 1 saturated carbocycles. The predicted octanol–water partition coefficient (Wildman–Crippen LogP) is 3.93. The summed E-state index contributed by atoms with van der Waals surface area (Å²) in [4.78, 5) is 11.6. The van der Waals surface area contributed by atoms with E-state index >= 15 is 0 Å². The molecule has 166 valence electrons. The van der Waals surface area contributed by atoms with Crippen LogP contribution in [0.1, 0.15) is 64.9 Å². The number of hydrogen-bond acceptors (Lipinski definition) is 4. The molecule has 0 aliphatic heterocycles. The van der Waals surface area contributed by atoms with Gasteiger partial charge in [-0.1, -0.05) is 25.3 Å². The average molecular weight is 518 g/mol. The Morgan fingerprint density at radius 2 is 1.86 bits per heavy atom. The molecule has 6 nitrogen and oxygen atoms in total. The molecule has 0 unspecified atom stereocenters. The van der Waals surface area contributed by atoms with Crippen molar-refractivity contribution in [2.75, 3.05) is 37.7 Å². The number of halogens is 1. The van der Waals surface area contributed by atoms with E-state index in [0.717, 1.165) is 49.9 Å². The molecule has 1 aliphatic rings. The van der Waals surface area contributed by atoms with Gasteiger partial charge in [-0.3, -0.25) is 0 Å². The third kappa shape index (κ3) is 8.28. The maximum atomic E-state index is 9.52. The van der Waals surface area contributed by atoms with Crippen molar-refractivity contribution >= 4 is 35.8 Å². The number of aliphatic hydroxyl groups excluding tert-OH is 1. The highest BCUT2D eigenvalue weighted by Gasteiger charge is 2.31. The second kappa shape index (κ2) is 14.0. The molecule has 0 aromatic carbocycles. The van der Waals surface area contributed by atoms with Crippen molar-refractivity contribution in [3.05, 3.63) is 23.9 Å². The van der Waals surface area contributed by atoms with Gasteiger partial charge in [0, 0.05) is 39.0 Å². The van der Waals surface area contributed by atoms with Crippen LogP contribution in [0.5, 0.6) is 0 Å². The predicted molar refractivity (Wildman–Crippen MR) is 133 cm³/mol. The van der Waals surface area contributed by atoms with Gasteiger partial charge in [0.2, 0.25) is 0 Å². The largest absolute Gasteiger partial charge is 0.396 e. The molecule has 1 fully saturated rings. The minimum atomic E-state index is 0. The van der Waals surface area contributed by atoms with Gasteiger partial charge in [0.15, 0.2) is 5.96 Å². The summed E-state index contributed by atoms with van der Waals surface area (Å²) in [5.74, 6) is 1.87. The summed E-state index contributed by atoms with van der Waals surface area (Å²) in [7, 11) is 0. The van der Waals surface area contributed by atoms with E-state index in [-0.39, 0.29) is 36.0 Å². The first-order valence-electron chi connectivity index (χ1n) is 11.0. The van der Waals surface area contributed by atoms with Gasteiger partial charge in [0.25, 0.3) is 0 Å². The summed E-state index contributed by atoms with van der Waals surface area (Å²) in [5.41, 5.74) is 1.31. The first-order chi connectivity index (χ1) is 13.7. The molecule has 0 spiro atoms. The Balaban J connectivity index is 0.00000420. The van der Waals surface area contributed by atoms with Crippen LogP contribution in [0.15, 0.2) is 23.3 Å². The highest BCUT2D eigenvalue weighted by molar-refractivity contribution is 14.0. The van der Waals surface area contributed by atoms with E-state index in [4.69, 9.17) is 4.99 Å². The van der Waals surface area contributed by atoms with E-state index < -0.39 is 0 Å². The lowest BCUT2D eigenvalue weighted by Gasteiger charge is -2.37. The zero-order valence-electron chi connectivity index (χ0n) is 18.4. The third-order valence-corrected chi connectivity index (χ3v) is 5.85.